The summed E-state index contributed by atoms with van der Waals surface area (Å²) >= 11 is 0. The molecule has 1 saturated carbocycles. The molecule has 1 aromatic rings. The van der Waals surface area contributed by atoms with Gasteiger partial charge < -0.3 is 20.4 Å². The van der Waals surface area contributed by atoms with Gasteiger partial charge in [-0.15, -0.1) is 0 Å². The molecular weight excluding hydrogens is 549 g/mol. The van der Waals surface area contributed by atoms with Gasteiger partial charge in [-0.3, -0.25) is 14.9 Å². The van der Waals surface area contributed by atoms with Crippen molar-refractivity contribution >= 4 is 49.5 Å². The van der Waals surface area contributed by atoms with E-state index in [9.17, 15) is 24.8 Å². The van der Waals surface area contributed by atoms with E-state index in [1.807, 2.05) is 0 Å². The standard InChI is InChI=1S/C12H20O4.C6H6N2O2.Bi/c1-5-16-10(15)12(4)7-6-8(9(13)14)11(12,2)3;7-5-3-1-2-4-6(5)8(9)10;/h8H,5-7H2,1-4H3,(H,13,14);1-4H,7H2;/q;;+3/p-1. The molecule has 0 amide bonds. The second-order valence-electron chi connectivity index (χ2n) is 7.00. The number of anilines is 1. The van der Waals surface area contributed by atoms with Gasteiger partial charge in [0.05, 0.1) is 16.9 Å². The van der Waals surface area contributed by atoms with Crippen LogP contribution in [0.3, 0.4) is 0 Å². The molecule has 0 bridgehead atoms. The number of nitro benzene ring substituents is 1. The van der Waals surface area contributed by atoms with E-state index in [1.165, 1.54) is 12.1 Å². The Morgan fingerprint density at radius 2 is 1.85 bits per heavy atom. The minimum atomic E-state index is -1.07. The van der Waals surface area contributed by atoms with Crippen LogP contribution < -0.4 is 10.8 Å². The van der Waals surface area contributed by atoms with Gasteiger partial charge in [0.15, 0.2) is 0 Å². The Labute approximate surface area is 177 Å². The summed E-state index contributed by atoms with van der Waals surface area (Å²) in [6.45, 7) is 7.46. The molecule has 1 aromatic carbocycles. The van der Waals surface area contributed by atoms with E-state index in [0.29, 0.717) is 19.4 Å². The van der Waals surface area contributed by atoms with E-state index >= 15 is 0 Å². The molecule has 2 atom stereocenters. The van der Waals surface area contributed by atoms with Gasteiger partial charge in [-0.25, -0.2) is 0 Å². The molecule has 0 aliphatic heterocycles. The van der Waals surface area contributed by atoms with Gasteiger partial charge in [-0.05, 0) is 38.2 Å². The predicted molar refractivity (Wildman–Crippen MR) is 99.5 cm³/mol. The third kappa shape index (κ3) is 5.37. The van der Waals surface area contributed by atoms with E-state index in [1.54, 1.807) is 39.8 Å². The number of nitrogen functional groups attached to an aromatic ring is 1. The summed E-state index contributed by atoms with van der Waals surface area (Å²) in [5.74, 6) is -1.95. The number of nitrogens with zero attached hydrogens (tertiary/aromatic N) is 1. The number of rotatable bonds is 4. The average Bonchev–Trinajstić information content (AvgIpc) is 2.79. The Hall–Kier alpha value is -1.76. The van der Waals surface area contributed by atoms with Crippen LogP contribution in [0.1, 0.15) is 40.5 Å². The number of benzene rings is 1. The molecule has 2 radical (unpaired) electrons. The molecule has 1 aliphatic carbocycles. The van der Waals surface area contributed by atoms with E-state index < -0.39 is 27.6 Å². The fraction of sp³-hybridized carbons (Fsp3) is 0.556. The SMILES string of the molecule is CCOC(=O)C1(C)CCC(C(=O)[O-])C1(C)C.Nc1ccccc1[N+](=O)[O-].[Bi+3]. The molecule has 9 heteroatoms. The predicted octanol–water partition coefficient (Wildman–Crippen LogP) is 1.54. The molecule has 2 rings (SSSR count). The van der Waals surface area contributed by atoms with Gasteiger partial charge in [-0.1, -0.05) is 26.0 Å². The molecule has 0 heterocycles. The zero-order valence-electron chi connectivity index (χ0n) is 15.9. The summed E-state index contributed by atoms with van der Waals surface area (Å²) < 4.78 is 5.04. The smallest absolute Gasteiger partial charge is 0.550 e. The van der Waals surface area contributed by atoms with Crippen molar-refractivity contribution in [3.63, 3.8) is 0 Å². The normalized spacial score (nSPS) is 22.6. The topological polar surface area (TPSA) is 136 Å². The summed E-state index contributed by atoms with van der Waals surface area (Å²) in [5.41, 5.74) is 4.09. The van der Waals surface area contributed by atoms with Crippen molar-refractivity contribution in [2.45, 2.75) is 40.5 Å². The first kappa shape index (κ1) is 25.2. The van der Waals surface area contributed by atoms with E-state index in [-0.39, 0.29) is 43.5 Å². The molecule has 0 saturated heterocycles. The van der Waals surface area contributed by atoms with E-state index in [0.717, 1.165) is 0 Å². The fourth-order valence-electron chi connectivity index (χ4n) is 3.22. The van der Waals surface area contributed by atoms with Crippen LogP contribution >= 0.6 is 0 Å². The molecule has 2 unspecified atom stereocenters. The third-order valence-electron chi connectivity index (χ3n) is 5.37. The van der Waals surface area contributed by atoms with Crippen LogP contribution in [0.15, 0.2) is 24.3 Å². The monoisotopic (exact) mass is 574 g/mol. The van der Waals surface area contributed by atoms with Crippen molar-refractivity contribution < 1.29 is 24.4 Å². The summed E-state index contributed by atoms with van der Waals surface area (Å²) in [4.78, 5) is 32.6. The number of aliphatic carboxylic acids is 1. The van der Waals surface area contributed by atoms with Crippen molar-refractivity contribution in [2.24, 2.45) is 16.7 Å². The summed E-state index contributed by atoms with van der Waals surface area (Å²) in [6.07, 6.45) is 1.02. The maximum Gasteiger partial charge on any atom is 3.00 e. The minimum absolute atomic E-state index is 0. The molecule has 1 aliphatic rings. The second-order valence-corrected chi connectivity index (χ2v) is 7.00. The first-order valence-electron chi connectivity index (χ1n) is 8.36. The van der Waals surface area contributed by atoms with Crippen LogP contribution in [0.4, 0.5) is 11.4 Å². The van der Waals surface area contributed by atoms with E-state index in [4.69, 9.17) is 10.5 Å². The first-order valence-corrected chi connectivity index (χ1v) is 8.36. The number of hydrogen-bond acceptors (Lipinski definition) is 7. The second kappa shape index (κ2) is 9.97. The minimum Gasteiger partial charge on any atom is -0.550 e. The van der Waals surface area contributed by atoms with Crippen LogP contribution in [0.5, 0.6) is 0 Å². The van der Waals surface area contributed by atoms with E-state index in [2.05, 4.69) is 0 Å². The van der Waals surface area contributed by atoms with Gasteiger partial charge in [0, 0.05) is 18.0 Å². The van der Waals surface area contributed by atoms with Crippen LogP contribution in [0, 0.1) is 26.9 Å². The Balaban J connectivity index is 0.000000531. The van der Waals surface area contributed by atoms with Gasteiger partial charge in [-0.2, -0.15) is 0 Å². The fourth-order valence-corrected chi connectivity index (χ4v) is 3.22. The number of hydrogen-bond donors (Lipinski definition) is 1. The van der Waals surface area contributed by atoms with Gasteiger partial charge in [0.1, 0.15) is 5.69 Å². The van der Waals surface area contributed by atoms with Crippen molar-refractivity contribution in [3.05, 3.63) is 34.4 Å². The zero-order chi connectivity index (χ0) is 20.1. The first-order chi connectivity index (χ1) is 12.0. The number of esters is 1. The maximum absolute atomic E-state index is 11.9. The third-order valence-corrected chi connectivity index (χ3v) is 5.37. The number of nitrogens with two attached hydrogens (primary N) is 1. The Bertz CT molecular complexity index is 694. The van der Waals surface area contributed by atoms with Gasteiger partial charge in [0.2, 0.25) is 0 Å². The van der Waals surface area contributed by atoms with Crippen LogP contribution in [-0.4, -0.2) is 49.7 Å². The Morgan fingerprint density at radius 3 is 2.22 bits per heavy atom. The van der Waals surface area contributed by atoms with Crippen molar-refractivity contribution in [1.82, 2.24) is 0 Å². The molecule has 1 fully saturated rings. The van der Waals surface area contributed by atoms with Crippen molar-refractivity contribution in [1.29, 1.82) is 0 Å². The quantitative estimate of drug-likeness (QED) is 0.190. The Kier molecular flexibility index (Phi) is 9.32. The number of carboxylic acid groups (broad SMARTS) is 1. The average molecular weight is 574 g/mol. The number of carbonyl (C=O) groups is 2. The Morgan fingerprint density at radius 1 is 1.30 bits per heavy atom. The van der Waals surface area contributed by atoms with Crippen LogP contribution in [0.25, 0.3) is 0 Å². The summed E-state index contributed by atoms with van der Waals surface area (Å²) in [6, 6.07) is 6.10. The summed E-state index contributed by atoms with van der Waals surface area (Å²) in [7, 11) is 0. The van der Waals surface area contributed by atoms with Crippen LogP contribution in [0.2, 0.25) is 0 Å². The largest absolute Gasteiger partial charge is 3.00 e. The number of nitro groups is 1. The molecule has 27 heavy (non-hydrogen) atoms. The molecule has 2 N–H and O–H groups in total. The van der Waals surface area contributed by atoms with Gasteiger partial charge >= 0.3 is 32.2 Å². The zero-order valence-corrected chi connectivity index (χ0v) is 19.4. The number of carbonyl (C=O) groups excluding carboxylic acids is 2. The molecule has 8 nitrogen and oxygen atoms in total. The molecule has 0 aromatic heterocycles. The molecular formula is C18H25BiN2O6+2. The number of para-hydroxylation sites is 2. The maximum atomic E-state index is 11.9. The van der Waals surface area contributed by atoms with Crippen LogP contribution in [-0.2, 0) is 14.3 Å². The molecule has 0 spiro atoms. The van der Waals surface area contributed by atoms with Crippen molar-refractivity contribution in [2.75, 3.05) is 12.3 Å². The number of ether oxygens (including phenoxy) is 1. The molecule has 146 valence electrons. The van der Waals surface area contributed by atoms with Crippen molar-refractivity contribution in [3.8, 4) is 0 Å². The van der Waals surface area contributed by atoms with Gasteiger partial charge in [0.25, 0.3) is 5.69 Å². The summed E-state index contributed by atoms with van der Waals surface area (Å²) in [5, 5.41) is 21.2. The number of carboxylic acids is 1.